The van der Waals surface area contributed by atoms with Crippen molar-refractivity contribution in [2.75, 3.05) is 45.7 Å². The molecule has 1 aliphatic heterocycles. The minimum absolute atomic E-state index is 0.0901. The van der Waals surface area contributed by atoms with Crippen LogP contribution in [0.2, 0.25) is 5.02 Å². The maximum Gasteiger partial charge on any atom is 0.225 e. The first kappa shape index (κ1) is 28.0. The lowest BCUT2D eigenvalue weighted by Crippen LogP contribution is -2.47. The molecule has 0 spiro atoms. The number of hydrogen-bond acceptors (Lipinski definition) is 8. The summed E-state index contributed by atoms with van der Waals surface area (Å²) in [5.41, 5.74) is 5.03. The molecule has 5 aromatic rings. The maximum absolute atomic E-state index is 13.5. The molecule has 11 heteroatoms. The van der Waals surface area contributed by atoms with Crippen LogP contribution in [0.1, 0.15) is 35.3 Å². The van der Waals surface area contributed by atoms with Crippen molar-refractivity contribution in [1.82, 2.24) is 29.9 Å². The van der Waals surface area contributed by atoms with E-state index in [4.69, 9.17) is 30.8 Å². The van der Waals surface area contributed by atoms with Crippen LogP contribution in [0, 0.1) is 20.8 Å². The van der Waals surface area contributed by atoms with E-state index in [1.54, 1.807) is 7.11 Å². The Kier molecular flexibility index (Phi) is 7.51. The topological polar surface area (TPSA) is 112 Å². The number of carbonyl (C=O) groups excluding carboxylic acids is 1. The van der Waals surface area contributed by atoms with Gasteiger partial charge in [-0.1, -0.05) is 28.9 Å². The van der Waals surface area contributed by atoms with Gasteiger partial charge in [-0.3, -0.25) is 4.79 Å². The quantitative estimate of drug-likeness (QED) is 0.250. The van der Waals surface area contributed by atoms with Crippen LogP contribution in [0.5, 0.6) is 5.75 Å². The number of aromatic nitrogens is 4. The van der Waals surface area contributed by atoms with Crippen molar-refractivity contribution in [3.05, 3.63) is 64.3 Å². The van der Waals surface area contributed by atoms with Gasteiger partial charge in [0.25, 0.3) is 0 Å². The van der Waals surface area contributed by atoms with Gasteiger partial charge in [-0.25, -0.2) is 9.97 Å². The fourth-order valence-corrected chi connectivity index (χ4v) is 5.97. The number of ether oxygens (including phenoxy) is 1. The fraction of sp³-hybridized carbons (Fsp3) is 0.355. The minimum atomic E-state index is -0.359. The molecule has 0 unspecified atom stereocenters. The maximum atomic E-state index is 13.5. The predicted octanol–water partition coefficient (Wildman–Crippen LogP) is 5.67. The third kappa shape index (κ3) is 5.28. The third-order valence-electron chi connectivity index (χ3n) is 7.98. The molecule has 0 bridgehead atoms. The van der Waals surface area contributed by atoms with E-state index in [0.29, 0.717) is 46.9 Å². The molecule has 1 fully saturated rings. The highest BCUT2D eigenvalue weighted by Crippen LogP contribution is 2.41. The van der Waals surface area contributed by atoms with Gasteiger partial charge in [0.05, 0.1) is 36.2 Å². The van der Waals surface area contributed by atoms with Crippen molar-refractivity contribution >= 4 is 45.3 Å². The van der Waals surface area contributed by atoms with Gasteiger partial charge in [0.15, 0.2) is 0 Å². The Bertz CT molecular complexity index is 1770. The van der Waals surface area contributed by atoms with E-state index in [2.05, 4.69) is 27.4 Å². The first-order chi connectivity index (χ1) is 20.2. The Morgan fingerprint density at radius 1 is 1.14 bits per heavy atom. The Balaban J connectivity index is 1.44. The molecule has 10 nitrogen and oxygen atoms in total. The number of carbonyl (C=O) groups is 1. The lowest BCUT2D eigenvalue weighted by Gasteiger charge is -2.33. The van der Waals surface area contributed by atoms with Gasteiger partial charge in [-0.2, -0.15) is 0 Å². The molecule has 4 heterocycles. The Morgan fingerprint density at radius 3 is 2.62 bits per heavy atom. The molecular weight excluding hydrogens is 554 g/mol. The standard InChI is InChI=1S/C31H34ClN7O3/c1-17-28(18(2)42-37-17)23-14-25-22(15-26(23)41-5)29-30(33-19(3)34-31(29)36-25)35-24(20-7-6-8-21(32)13-20)16-27(40)39-11-9-38(4)10-12-39/h6-8,13-15,24H,9-12,16H2,1-5H3,(H2,33,34,35,36)/t24-/m1/s1. The summed E-state index contributed by atoms with van der Waals surface area (Å²) in [5.74, 6) is 2.72. The lowest BCUT2D eigenvalue weighted by atomic mass is 10.0. The lowest BCUT2D eigenvalue weighted by molar-refractivity contribution is -0.133. The smallest absolute Gasteiger partial charge is 0.225 e. The number of aryl methyl sites for hydroxylation is 3. The first-order valence-electron chi connectivity index (χ1n) is 14.0. The summed E-state index contributed by atoms with van der Waals surface area (Å²) in [6, 6.07) is 11.3. The number of H-pyrrole nitrogens is 1. The highest BCUT2D eigenvalue weighted by Gasteiger charge is 2.26. The Morgan fingerprint density at radius 2 is 1.93 bits per heavy atom. The molecule has 218 valence electrons. The molecule has 1 saturated heterocycles. The van der Waals surface area contributed by atoms with Gasteiger partial charge in [-0.15, -0.1) is 0 Å². The van der Waals surface area contributed by atoms with Crippen LogP contribution in [0.4, 0.5) is 5.82 Å². The van der Waals surface area contributed by atoms with Crippen LogP contribution >= 0.6 is 11.6 Å². The highest BCUT2D eigenvalue weighted by atomic mass is 35.5. The molecule has 3 aromatic heterocycles. The summed E-state index contributed by atoms with van der Waals surface area (Å²) < 4.78 is 11.3. The van der Waals surface area contributed by atoms with E-state index in [9.17, 15) is 4.79 Å². The molecule has 42 heavy (non-hydrogen) atoms. The number of amides is 1. The van der Waals surface area contributed by atoms with E-state index in [-0.39, 0.29) is 18.4 Å². The molecule has 0 radical (unpaired) electrons. The zero-order chi connectivity index (χ0) is 29.5. The highest BCUT2D eigenvalue weighted by molar-refractivity contribution is 6.30. The number of aromatic amines is 1. The van der Waals surface area contributed by atoms with E-state index in [0.717, 1.165) is 51.8 Å². The van der Waals surface area contributed by atoms with Gasteiger partial charge >= 0.3 is 0 Å². The average Bonchev–Trinajstić information content (AvgIpc) is 3.49. The monoisotopic (exact) mass is 587 g/mol. The molecule has 0 aliphatic carbocycles. The van der Waals surface area contributed by atoms with Gasteiger partial charge < -0.3 is 29.4 Å². The normalized spacial score (nSPS) is 15.0. The van der Waals surface area contributed by atoms with Crippen LogP contribution in [0.25, 0.3) is 33.1 Å². The predicted molar refractivity (Wildman–Crippen MR) is 164 cm³/mol. The van der Waals surface area contributed by atoms with Crippen LogP contribution in [0.15, 0.2) is 40.9 Å². The van der Waals surface area contributed by atoms with Crippen molar-refractivity contribution in [3.63, 3.8) is 0 Å². The number of methoxy groups -OCH3 is 1. The molecule has 6 rings (SSSR count). The van der Waals surface area contributed by atoms with Crippen LogP contribution < -0.4 is 10.1 Å². The van der Waals surface area contributed by atoms with Crippen molar-refractivity contribution < 1.29 is 14.1 Å². The second-order valence-electron chi connectivity index (χ2n) is 10.9. The molecule has 2 N–H and O–H groups in total. The summed E-state index contributed by atoms with van der Waals surface area (Å²) >= 11 is 6.40. The third-order valence-corrected chi connectivity index (χ3v) is 8.22. The first-order valence-corrected chi connectivity index (χ1v) is 14.4. The van der Waals surface area contributed by atoms with Crippen molar-refractivity contribution in [1.29, 1.82) is 0 Å². The molecule has 2 aromatic carbocycles. The van der Waals surface area contributed by atoms with Crippen LogP contribution in [0.3, 0.4) is 0 Å². The largest absolute Gasteiger partial charge is 0.496 e. The second kappa shape index (κ2) is 11.3. The number of nitrogens with one attached hydrogen (secondary N) is 2. The van der Waals surface area contributed by atoms with Crippen molar-refractivity contribution in [2.45, 2.75) is 33.2 Å². The SMILES string of the molecule is COc1cc2c(cc1-c1c(C)noc1C)[nH]c1nc(C)nc(N[C@H](CC(=O)N3CCN(C)CC3)c3cccc(Cl)c3)c12. The molecule has 0 saturated carbocycles. The number of hydrogen-bond donors (Lipinski definition) is 2. The summed E-state index contributed by atoms with van der Waals surface area (Å²) in [4.78, 5) is 30.7. The van der Waals surface area contributed by atoms with E-state index >= 15 is 0 Å². The van der Waals surface area contributed by atoms with Gasteiger partial charge in [-0.05, 0) is 57.6 Å². The molecular formula is C31H34ClN7O3. The zero-order valence-corrected chi connectivity index (χ0v) is 25.2. The number of likely N-dealkylation sites (N-methyl/N-ethyl adjacent to an activating group) is 1. The number of benzene rings is 2. The number of piperazine rings is 1. The average molecular weight is 588 g/mol. The minimum Gasteiger partial charge on any atom is -0.496 e. The number of halogens is 1. The molecule has 1 aliphatic rings. The second-order valence-corrected chi connectivity index (χ2v) is 11.3. The number of anilines is 1. The fourth-order valence-electron chi connectivity index (χ4n) is 5.77. The van der Waals surface area contributed by atoms with Crippen molar-refractivity contribution in [3.8, 4) is 16.9 Å². The van der Waals surface area contributed by atoms with Gasteiger partial charge in [0.2, 0.25) is 5.91 Å². The Labute approximate surface area is 249 Å². The van der Waals surface area contributed by atoms with E-state index in [1.807, 2.05) is 62.1 Å². The summed E-state index contributed by atoms with van der Waals surface area (Å²) in [6.07, 6.45) is 0.260. The summed E-state index contributed by atoms with van der Waals surface area (Å²) in [6.45, 7) is 8.81. The van der Waals surface area contributed by atoms with Crippen LogP contribution in [-0.4, -0.2) is 76.2 Å². The summed E-state index contributed by atoms with van der Waals surface area (Å²) in [5, 5.41) is 10.1. The molecule has 1 atom stereocenters. The Hall–Kier alpha value is -4.15. The van der Waals surface area contributed by atoms with Gasteiger partial charge in [0, 0.05) is 47.7 Å². The number of fused-ring (bicyclic) bond motifs is 3. The number of nitrogens with zero attached hydrogens (tertiary/aromatic N) is 5. The summed E-state index contributed by atoms with van der Waals surface area (Å²) in [7, 11) is 3.73. The number of rotatable bonds is 7. The van der Waals surface area contributed by atoms with E-state index in [1.165, 1.54) is 0 Å². The molecule has 1 amide bonds. The zero-order valence-electron chi connectivity index (χ0n) is 24.4. The van der Waals surface area contributed by atoms with Crippen LogP contribution in [-0.2, 0) is 4.79 Å². The van der Waals surface area contributed by atoms with Crippen molar-refractivity contribution in [2.24, 2.45) is 0 Å². The van der Waals surface area contributed by atoms with Gasteiger partial charge in [0.1, 0.15) is 28.8 Å². The van der Waals surface area contributed by atoms with E-state index < -0.39 is 0 Å².